The summed E-state index contributed by atoms with van der Waals surface area (Å²) in [6, 6.07) is 6.09. The molecule has 13 heavy (non-hydrogen) atoms. The highest BCUT2D eigenvalue weighted by molar-refractivity contribution is 7.80. The van der Waals surface area contributed by atoms with Crippen LogP contribution in [-0.2, 0) is 0 Å². The van der Waals surface area contributed by atoms with Gasteiger partial charge < -0.3 is 5.73 Å². The Morgan fingerprint density at radius 2 is 2.08 bits per heavy atom. The molecule has 0 heterocycles. The molecule has 1 aromatic carbocycles. The fraction of sp³-hybridized carbons (Fsp3) is 0.222. The van der Waals surface area contributed by atoms with E-state index in [9.17, 15) is 0 Å². The maximum Gasteiger partial charge on any atom is 0.182 e. The Bertz CT molecular complexity index is 323. The van der Waals surface area contributed by atoms with Gasteiger partial charge in [0.05, 0.1) is 5.69 Å². The van der Waals surface area contributed by atoms with Gasteiger partial charge >= 0.3 is 0 Å². The number of nitrogens with two attached hydrogens (primary N) is 1. The van der Waals surface area contributed by atoms with E-state index in [1.54, 1.807) is 0 Å². The second kappa shape index (κ2) is 4.09. The third-order valence-corrected chi connectivity index (χ3v) is 1.80. The molecule has 0 aliphatic heterocycles. The van der Waals surface area contributed by atoms with Crippen LogP contribution in [0.2, 0.25) is 0 Å². The number of rotatable bonds is 2. The fourth-order valence-electron chi connectivity index (χ4n) is 1.08. The summed E-state index contributed by atoms with van der Waals surface area (Å²) < 4.78 is 0. The number of hydrogen-bond acceptors (Lipinski definition) is 2. The molecule has 0 radical (unpaired) electrons. The largest absolute Gasteiger partial charge is 0.375 e. The van der Waals surface area contributed by atoms with Crippen LogP contribution in [0.1, 0.15) is 11.1 Å². The van der Waals surface area contributed by atoms with E-state index in [1.807, 2.05) is 19.1 Å². The third-order valence-electron chi connectivity index (χ3n) is 1.70. The molecule has 1 rings (SSSR count). The molecule has 0 bridgehead atoms. The van der Waals surface area contributed by atoms with Crippen LogP contribution in [0.3, 0.4) is 0 Å². The van der Waals surface area contributed by atoms with Crippen molar-refractivity contribution in [1.29, 1.82) is 0 Å². The zero-order valence-electron chi connectivity index (χ0n) is 7.72. The third kappa shape index (κ3) is 2.91. The standard InChI is InChI=1S/C9H13N3S/c1-6-3-4-8(7(2)5-6)11-12-9(10)13/h3-5,11H,1-2H3,(H3,10,12,13). The zero-order chi connectivity index (χ0) is 9.84. The maximum atomic E-state index is 5.28. The van der Waals surface area contributed by atoms with E-state index < -0.39 is 0 Å². The Morgan fingerprint density at radius 3 is 2.62 bits per heavy atom. The SMILES string of the molecule is Cc1ccc(NNC(N)=S)c(C)c1. The van der Waals surface area contributed by atoms with Gasteiger partial charge in [0.1, 0.15) is 0 Å². The summed E-state index contributed by atoms with van der Waals surface area (Å²) in [5.74, 6) is 0. The Labute approximate surface area is 83.3 Å². The molecule has 0 unspecified atom stereocenters. The summed E-state index contributed by atoms with van der Waals surface area (Å²) in [7, 11) is 0. The first-order chi connectivity index (χ1) is 6.09. The number of aryl methyl sites for hydroxylation is 2. The molecule has 1 aromatic rings. The number of hydrazine groups is 1. The summed E-state index contributed by atoms with van der Waals surface area (Å²) in [4.78, 5) is 0. The average Bonchev–Trinajstić information content (AvgIpc) is 2.02. The summed E-state index contributed by atoms with van der Waals surface area (Å²) in [6.45, 7) is 4.08. The topological polar surface area (TPSA) is 50.1 Å². The number of benzene rings is 1. The number of hydrogen-bond donors (Lipinski definition) is 3. The lowest BCUT2D eigenvalue weighted by atomic mass is 10.1. The van der Waals surface area contributed by atoms with Gasteiger partial charge in [-0.25, -0.2) is 0 Å². The van der Waals surface area contributed by atoms with Gasteiger partial charge in [-0.2, -0.15) is 0 Å². The van der Waals surface area contributed by atoms with E-state index in [1.165, 1.54) is 5.56 Å². The maximum absolute atomic E-state index is 5.28. The van der Waals surface area contributed by atoms with Gasteiger partial charge in [0.15, 0.2) is 5.11 Å². The summed E-state index contributed by atoms with van der Waals surface area (Å²) in [5, 5.41) is 0.236. The average molecular weight is 195 g/mol. The minimum absolute atomic E-state index is 0.236. The molecule has 3 nitrogen and oxygen atoms in total. The Kier molecular flexibility index (Phi) is 3.08. The van der Waals surface area contributed by atoms with Crippen molar-refractivity contribution in [3.63, 3.8) is 0 Å². The van der Waals surface area contributed by atoms with Crippen molar-refractivity contribution in [3.05, 3.63) is 29.3 Å². The molecule has 4 N–H and O–H groups in total. The molecule has 0 aromatic heterocycles. The van der Waals surface area contributed by atoms with Crippen molar-refractivity contribution in [3.8, 4) is 0 Å². The van der Waals surface area contributed by atoms with Crippen LogP contribution >= 0.6 is 12.2 Å². The van der Waals surface area contributed by atoms with E-state index in [4.69, 9.17) is 5.73 Å². The van der Waals surface area contributed by atoms with Crippen LogP contribution in [-0.4, -0.2) is 5.11 Å². The lowest BCUT2D eigenvalue weighted by Gasteiger charge is -2.10. The molecule has 70 valence electrons. The van der Waals surface area contributed by atoms with E-state index >= 15 is 0 Å². The van der Waals surface area contributed by atoms with Crippen LogP contribution in [0.25, 0.3) is 0 Å². The van der Waals surface area contributed by atoms with E-state index in [0.29, 0.717) is 0 Å². The number of nitrogens with one attached hydrogen (secondary N) is 2. The highest BCUT2D eigenvalue weighted by Crippen LogP contribution is 2.14. The van der Waals surface area contributed by atoms with Gasteiger partial charge in [-0.3, -0.25) is 10.9 Å². The lowest BCUT2D eigenvalue weighted by Crippen LogP contribution is -2.34. The monoisotopic (exact) mass is 195 g/mol. The van der Waals surface area contributed by atoms with Crippen LogP contribution < -0.4 is 16.6 Å². The minimum Gasteiger partial charge on any atom is -0.375 e. The first-order valence-electron chi connectivity index (χ1n) is 3.98. The molecule has 0 aliphatic rings. The summed E-state index contributed by atoms with van der Waals surface area (Å²) >= 11 is 4.67. The van der Waals surface area contributed by atoms with Crippen molar-refractivity contribution in [2.45, 2.75) is 13.8 Å². The highest BCUT2D eigenvalue weighted by atomic mass is 32.1. The first kappa shape index (κ1) is 9.80. The molecule has 0 saturated heterocycles. The van der Waals surface area contributed by atoms with E-state index in [0.717, 1.165) is 11.3 Å². The Hall–Kier alpha value is -1.29. The normalized spacial score (nSPS) is 9.38. The van der Waals surface area contributed by atoms with Crippen molar-refractivity contribution >= 4 is 23.0 Å². The summed E-state index contributed by atoms with van der Waals surface area (Å²) in [6.07, 6.45) is 0. The van der Waals surface area contributed by atoms with Gasteiger partial charge in [0.25, 0.3) is 0 Å². The molecule has 0 saturated carbocycles. The summed E-state index contributed by atoms with van der Waals surface area (Å²) in [5.41, 5.74) is 14.3. The van der Waals surface area contributed by atoms with Crippen LogP contribution in [0, 0.1) is 13.8 Å². The first-order valence-corrected chi connectivity index (χ1v) is 4.39. The van der Waals surface area contributed by atoms with Crippen molar-refractivity contribution in [2.75, 3.05) is 5.43 Å². The molecule has 0 atom stereocenters. The van der Waals surface area contributed by atoms with Gasteiger partial charge in [-0.05, 0) is 37.7 Å². The highest BCUT2D eigenvalue weighted by Gasteiger charge is 1.96. The number of thiocarbonyl (C=S) groups is 1. The number of anilines is 1. The smallest absolute Gasteiger partial charge is 0.182 e. The molecular formula is C9H13N3S. The van der Waals surface area contributed by atoms with E-state index in [2.05, 4.69) is 36.1 Å². The van der Waals surface area contributed by atoms with Gasteiger partial charge in [-0.1, -0.05) is 17.7 Å². The van der Waals surface area contributed by atoms with Crippen molar-refractivity contribution in [1.82, 2.24) is 5.43 Å². The quantitative estimate of drug-likeness (QED) is 0.494. The van der Waals surface area contributed by atoms with Gasteiger partial charge in [0.2, 0.25) is 0 Å². The second-order valence-corrected chi connectivity index (χ2v) is 3.37. The molecule has 0 amide bonds. The second-order valence-electron chi connectivity index (χ2n) is 2.93. The molecular weight excluding hydrogens is 182 g/mol. The Balaban J connectivity index is 2.72. The predicted molar refractivity (Wildman–Crippen MR) is 59.5 cm³/mol. The van der Waals surface area contributed by atoms with Crippen LogP contribution in [0.15, 0.2) is 18.2 Å². The predicted octanol–water partition coefficient (Wildman–Crippen LogP) is 1.46. The lowest BCUT2D eigenvalue weighted by molar-refractivity contribution is 1.12. The van der Waals surface area contributed by atoms with Gasteiger partial charge in [-0.15, -0.1) is 0 Å². The fourth-order valence-corrected chi connectivity index (χ4v) is 1.13. The van der Waals surface area contributed by atoms with Crippen molar-refractivity contribution < 1.29 is 0 Å². The molecule has 0 fully saturated rings. The molecule has 0 spiro atoms. The molecule has 4 heteroatoms. The minimum atomic E-state index is 0.236. The Morgan fingerprint density at radius 1 is 1.38 bits per heavy atom. The van der Waals surface area contributed by atoms with Crippen molar-refractivity contribution in [2.24, 2.45) is 5.73 Å². The van der Waals surface area contributed by atoms with Gasteiger partial charge in [0, 0.05) is 0 Å². The van der Waals surface area contributed by atoms with Crippen LogP contribution in [0.4, 0.5) is 5.69 Å². The molecule has 0 aliphatic carbocycles. The zero-order valence-corrected chi connectivity index (χ0v) is 8.53. The van der Waals surface area contributed by atoms with Crippen LogP contribution in [0.5, 0.6) is 0 Å². The van der Waals surface area contributed by atoms with E-state index in [-0.39, 0.29) is 5.11 Å².